The average Bonchev–Trinajstić information content (AvgIpc) is 2.29. The molecule has 0 saturated carbocycles. The number of esters is 1. The number of hydrogen-bond donors (Lipinski definition) is 0. The molecule has 6 heteroatoms. The summed E-state index contributed by atoms with van der Waals surface area (Å²) in [6, 6.07) is 3.14. The van der Waals surface area contributed by atoms with Crippen LogP contribution in [0.5, 0.6) is 0 Å². The first-order chi connectivity index (χ1) is 8.58. The van der Waals surface area contributed by atoms with Crippen molar-refractivity contribution < 1.29 is 19.1 Å². The van der Waals surface area contributed by atoms with E-state index in [0.717, 1.165) is 0 Å². The molecule has 0 aromatic heterocycles. The number of benzene rings is 1. The number of halogens is 2. The minimum absolute atomic E-state index is 0.140. The van der Waals surface area contributed by atoms with Crippen LogP contribution in [0.25, 0.3) is 0 Å². The zero-order valence-corrected chi connectivity index (χ0v) is 11.3. The Morgan fingerprint density at radius 2 is 1.94 bits per heavy atom. The van der Waals surface area contributed by atoms with Crippen molar-refractivity contribution in [3.05, 3.63) is 33.3 Å². The van der Waals surface area contributed by atoms with Gasteiger partial charge in [0.1, 0.15) is 6.61 Å². The lowest BCUT2D eigenvalue weighted by Gasteiger charge is -2.07. The van der Waals surface area contributed by atoms with Crippen LogP contribution in [-0.2, 0) is 20.9 Å². The first kappa shape index (κ1) is 15.0. The van der Waals surface area contributed by atoms with Gasteiger partial charge in [-0.2, -0.15) is 0 Å². The van der Waals surface area contributed by atoms with Crippen molar-refractivity contribution in [1.82, 2.24) is 0 Å². The van der Waals surface area contributed by atoms with E-state index >= 15 is 0 Å². The van der Waals surface area contributed by atoms with Crippen LogP contribution in [0, 0.1) is 0 Å². The van der Waals surface area contributed by atoms with Crippen molar-refractivity contribution in [1.29, 1.82) is 0 Å². The standard InChI is InChI=1S/C12H12Cl2O4/c1-2-18-12(16)7-17-6-8-3-10(13)9(5-15)11(14)4-8/h3-5H,2,6-7H2,1H3. The smallest absolute Gasteiger partial charge is 0.332 e. The van der Waals surface area contributed by atoms with Crippen molar-refractivity contribution in [2.24, 2.45) is 0 Å². The molecule has 0 unspecified atom stereocenters. The van der Waals surface area contributed by atoms with E-state index < -0.39 is 5.97 Å². The molecule has 0 atom stereocenters. The van der Waals surface area contributed by atoms with Crippen LogP contribution in [0.2, 0.25) is 10.0 Å². The lowest BCUT2D eigenvalue weighted by molar-refractivity contribution is -0.148. The summed E-state index contributed by atoms with van der Waals surface area (Å²) in [7, 11) is 0. The van der Waals surface area contributed by atoms with Gasteiger partial charge >= 0.3 is 5.97 Å². The molecule has 4 nitrogen and oxygen atoms in total. The number of ether oxygens (including phenoxy) is 2. The Labute approximate surface area is 115 Å². The highest BCUT2D eigenvalue weighted by Crippen LogP contribution is 2.25. The summed E-state index contributed by atoms with van der Waals surface area (Å²) in [5.74, 6) is -0.431. The molecule has 1 aromatic carbocycles. The molecule has 0 saturated heterocycles. The number of carbonyl (C=O) groups excluding carboxylic acids is 2. The van der Waals surface area contributed by atoms with Crippen molar-refractivity contribution in [2.75, 3.05) is 13.2 Å². The monoisotopic (exact) mass is 290 g/mol. The van der Waals surface area contributed by atoms with Crippen LogP contribution < -0.4 is 0 Å². The average molecular weight is 291 g/mol. The van der Waals surface area contributed by atoms with Crippen LogP contribution in [0.15, 0.2) is 12.1 Å². The fourth-order valence-electron chi connectivity index (χ4n) is 1.29. The van der Waals surface area contributed by atoms with E-state index in [9.17, 15) is 9.59 Å². The maximum atomic E-state index is 11.0. The molecule has 1 aromatic rings. The van der Waals surface area contributed by atoms with E-state index in [1.54, 1.807) is 19.1 Å². The summed E-state index contributed by atoms with van der Waals surface area (Å²) in [6.45, 7) is 2.05. The van der Waals surface area contributed by atoms with E-state index in [1.807, 2.05) is 0 Å². The minimum atomic E-state index is -0.431. The van der Waals surface area contributed by atoms with E-state index in [1.165, 1.54) is 0 Å². The number of carbonyl (C=O) groups is 2. The van der Waals surface area contributed by atoms with Crippen LogP contribution >= 0.6 is 23.2 Å². The third-order valence-corrected chi connectivity index (χ3v) is 2.68. The molecule has 0 heterocycles. The van der Waals surface area contributed by atoms with Crippen molar-refractivity contribution in [2.45, 2.75) is 13.5 Å². The van der Waals surface area contributed by atoms with Gasteiger partial charge in [-0.15, -0.1) is 0 Å². The van der Waals surface area contributed by atoms with E-state index in [-0.39, 0.29) is 28.8 Å². The third-order valence-electron chi connectivity index (χ3n) is 2.05. The van der Waals surface area contributed by atoms with Crippen molar-refractivity contribution >= 4 is 35.5 Å². The Bertz CT molecular complexity index is 423. The summed E-state index contributed by atoms with van der Waals surface area (Å²) in [5, 5.41) is 0.513. The van der Waals surface area contributed by atoms with Crippen molar-refractivity contribution in [3.63, 3.8) is 0 Å². The second-order valence-corrected chi connectivity index (χ2v) is 4.20. The topological polar surface area (TPSA) is 52.6 Å². The zero-order valence-electron chi connectivity index (χ0n) is 9.74. The molecule has 0 aliphatic heterocycles. The fraction of sp³-hybridized carbons (Fsp3) is 0.333. The SMILES string of the molecule is CCOC(=O)COCc1cc(Cl)c(C=O)c(Cl)c1. The number of aldehydes is 1. The maximum absolute atomic E-state index is 11.0. The Morgan fingerprint density at radius 1 is 1.33 bits per heavy atom. The van der Waals surface area contributed by atoms with Gasteiger partial charge in [-0.1, -0.05) is 23.2 Å². The Morgan fingerprint density at radius 3 is 2.44 bits per heavy atom. The summed E-state index contributed by atoms with van der Waals surface area (Å²) >= 11 is 11.7. The quantitative estimate of drug-likeness (QED) is 0.597. The summed E-state index contributed by atoms with van der Waals surface area (Å²) in [6.07, 6.45) is 0.591. The number of hydrogen-bond acceptors (Lipinski definition) is 4. The van der Waals surface area contributed by atoms with Crippen LogP contribution in [0.3, 0.4) is 0 Å². The highest BCUT2D eigenvalue weighted by molar-refractivity contribution is 6.38. The van der Waals surface area contributed by atoms with E-state index in [0.29, 0.717) is 18.5 Å². The molecule has 98 valence electrons. The minimum Gasteiger partial charge on any atom is -0.464 e. The first-order valence-electron chi connectivity index (χ1n) is 5.25. The summed E-state index contributed by atoms with van der Waals surface area (Å²) < 4.78 is 9.84. The van der Waals surface area contributed by atoms with Crippen LogP contribution in [0.4, 0.5) is 0 Å². The van der Waals surface area contributed by atoms with Gasteiger partial charge in [-0.25, -0.2) is 4.79 Å². The van der Waals surface area contributed by atoms with Gasteiger partial charge in [0.2, 0.25) is 0 Å². The maximum Gasteiger partial charge on any atom is 0.332 e. The molecule has 0 aliphatic carbocycles. The fourth-order valence-corrected chi connectivity index (χ4v) is 1.91. The molecular formula is C12H12Cl2O4. The molecule has 0 radical (unpaired) electrons. The molecule has 0 bridgehead atoms. The summed E-state index contributed by atoms with van der Waals surface area (Å²) in [4.78, 5) is 21.7. The highest BCUT2D eigenvalue weighted by Gasteiger charge is 2.08. The predicted molar refractivity (Wildman–Crippen MR) is 68.1 cm³/mol. The van der Waals surface area contributed by atoms with Crippen molar-refractivity contribution in [3.8, 4) is 0 Å². The molecule has 0 N–H and O–H groups in total. The van der Waals surface area contributed by atoms with Gasteiger partial charge in [0.05, 0.1) is 28.8 Å². The molecule has 0 spiro atoms. The van der Waals surface area contributed by atoms with E-state index in [4.69, 9.17) is 32.7 Å². The molecule has 0 aliphatic rings. The molecule has 18 heavy (non-hydrogen) atoms. The molecule has 1 rings (SSSR count). The molecular weight excluding hydrogens is 279 g/mol. The lowest BCUT2D eigenvalue weighted by atomic mass is 10.1. The van der Waals surface area contributed by atoms with E-state index in [2.05, 4.69) is 0 Å². The van der Waals surface area contributed by atoms with Gasteiger partial charge in [-0.05, 0) is 24.6 Å². The van der Waals surface area contributed by atoms with Gasteiger partial charge in [0, 0.05) is 0 Å². The molecule has 0 amide bonds. The second kappa shape index (κ2) is 7.36. The Balaban J connectivity index is 2.58. The predicted octanol–water partition coefficient (Wildman–Crippen LogP) is 2.89. The highest BCUT2D eigenvalue weighted by atomic mass is 35.5. The Hall–Kier alpha value is -1.10. The van der Waals surface area contributed by atoms with Gasteiger partial charge < -0.3 is 9.47 Å². The first-order valence-corrected chi connectivity index (χ1v) is 6.00. The lowest BCUT2D eigenvalue weighted by Crippen LogP contribution is -2.12. The third kappa shape index (κ3) is 4.29. The Kier molecular flexibility index (Phi) is 6.12. The van der Waals surface area contributed by atoms with Gasteiger partial charge in [0.15, 0.2) is 6.29 Å². The normalized spacial score (nSPS) is 10.2. The summed E-state index contributed by atoms with van der Waals surface area (Å²) in [5.41, 5.74) is 0.923. The van der Waals surface area contributed by atoms with Gasteiger partial charge in [0.25, 0.3) is 0 Å². The second-order valence-electron chi connectivity index (χ2n) is 3.39. The van der Waals surface area contributed by atoms with Crippen LogP contribution in [-0.4, -0.2) is 25.5 Å². The number of rotatable bonds is 6. The largest absolute Gasteiger partial charge is 0.464 e. The zero-order chi connectivity index (χ0) is 13.5. The van der Waals surface area contributed by atoms with Crippen LogP contribution in [0.1, 0.15) is 22.8 Å². The molecule has 0 fully saturated rings. The van der Waals surface area contributed by atoms with Gasteiger partial charge in [-0.3, -0.25) is 4.79 Å².